The van der Waals surface area contributed by atoms with Crippen molar-refractivity contribution in [1.29, 1.82) is 0 Å². The fraction of sp³-hybridized carbons (Fsp3) is 0.583. The average molecular weight is 209 g/mol. The monoisotopic (exact) mass is 209 g/mol. The van der Waals surface area contributed by atoms with E-state index in [9.17, 15) is 5.11 Å². The zero-order valence-electron chi connectivity index (χ0n) is 9.44. The molecule has 0 amide bonds. The van der Waals surface area contributed by atoms with E-state index < -0.39 is 0 Å². The van der Waals surface area contributed by atoms with Crippen molar-refractivity contribution in [3.05, 3.63) is 24.0 Å². The van der Waals surface area contributed by atoms with Gasteiger partial charge in [0.15, 0.2) is 0 Å². The summed E-state index contributed by atoms with van der Waals surface area (Å²) in [6, 6.07) is 3.75. The van der Waals surface area contributed by atoms with Gasteiger partial charge in [-0.15, -0.1) is 0 Å². The first-order chi connectivity index (χ1) is 7.27. The van der Waals surface area contributed by atoms with Gasteiger partial charge in [0.25, 0.3) is 0 Å². The molecule has 1 heterocycles. The number of pyridine rings is 1. The lowest BCUT2D eigenvalue weighted by Gasteiger charge is -2.10. The minimum Gasteiger partial charge on any atom is -0.495 e. The highest BCUT2D eigenvalue weighted by atomic mass is 16.5. The summed E-state index contributed by atoms with van der Waals surface area (Å²) in [7, 11) is 1.64. The van der Waals surface area contributed by atoms with Gasteiger partial charge in [-0.2, -0.15) is 0 Å². The third-order valence-corrected chi connectivity index (χ3v) is 2.40. The van der Waals surface area contributed by atoms with Crippen molar-refractivity contribution in [2.45, 2.75) is 38.7 Å². The molecule has 0 aliphatic carbocycles. The highest BCUT2D eigenvalue weighted by molar-refractivity contribution is 5.26. The maximum Gasteiger partial charge on any atom is 0.140 e. The molecule has 0 aromatic carbocycles. The number of methoxy groups -OCH3 is 1. The molecule has 1 aromatic heterocycles. The zero-order chi connectivity index (χ0) is 11.1. The molecule has 1 atom stereocenters. The van der Waals surface area contributed by atoms with Crippen LogP contribution in [0, 0.1) is 0 Å². The van der Waals surface area contributed by atoms with Crippen molar-refractivity contribution in [2.24, 2.45) is 0 Å². The molecule has 0 fully saturated rings. The predicted molar refractivity (Wildman–Crippen MR) is 60.0 cm³/mol. The van der Waals surface area contributed by atoms with Crippen molar-refractivity contribution < 1.29 is 9.84 Å². The number of aryl methyl sites for hydroxylation is 1. The summed E-state index contributed by atoms with van der Waals surface area (Å²) in [5, 5.41) is 9.61. The normalized spacial score (nSPS) is 12.5. The Morgan fingerprint density at radius 1 is 1.47 bits per heavy atom. The molecular weight excluding hydrogens is 190 g/mol. The van der Waals surface area contributed by atoms with Gasteiger partial charge in [0.05, 0.1) is 18.9 Å². The fourth-order valence-electron chi connectivity index (χ4n) is 1.58. The molecule has 1 N–H and O–H groups in total. The molecule has 1 rings (SSSR count). The lowest BCUT2D eigenvalue weighted by molar-refractivity contribution is 0.153. The summed E-state index contributed by atoms with van der Waals surface area (Å²) in [5.74, 6) is 0.807. The van der Waals surface area contributed by atoms with E-state index >= 15 is 0 Å². The standard InChI is InChI=1S/C12H19NO2/c1-3-5-10(14)7-8-11-12(15-2)6-4-9-13-11/h4,6,9-10,14H,3,5,7-8H2,1-2H3. The largest absolute Gasteiger partial charge is 0.495 e. The van der Waals surface area contributed by atoms with Crippen LogP contribution in [0.4, 0.5) is 0 Å². The molecule has 1 unspecified atom stereocenters. The Balaban J connectivity index is 2.49. The molecule has 0 spiro atoms. The van der Waals surface area contributed by atoms with Crippen LogP contribution in [-0.4, -0.2) is 23.3 Å². The lowest BCUT2D eigenvalue weighted by atomic mass is 10.1. The van der Waals surface area contributed by atoms with Crippen LogP contribution in [0.1, 0.15) is 31.9 Å². The van der Waals surface area contributed by atoms with Crippen molar-refractivity contribution in [2.75, 3.05) is 7.11 Å². The molecular formula is C12H19NO2. The van der Waals surface area contributed by atoms with Gasteiger partial charge in [-0.1, -0.05) is 13.3 Å². The maximum atomic E-state index is 9.61. The SMILES string of the molecule is CCCC(O)CCc1ncccc1OC. The van der Waals surface area contributed by atoms with E-state index in [2.05, 4.69) is 11.9 Å². The van der Waals surface area contributed by atoms with Gasteiger partial charge in [0.1, 0.15) is 5.75 Å². The molecule has 0 aliphatic heterocycles. The highest BCUT2D eigenvalue weighted by Crippen LogP contribution is 2.17. The minimum absolute atomic E-state index is 0.221. The van der Waals surface area contributed by atoms with E-state index in [1.54, 1.807) is 13.3 Å². The first-order valence-corrected chi connectivity index (χ1v) is 5.43. The van der Waals surface area contributed by atoms with Crippen LogP contribution in [0.3, 0.4) is 0 Å². The summed E-state index contributed by atoms with van der Waals surface area (Å²) < 4.78 is 5.19. The zero-order valence-corrected chi connectivity index (χ0v) is 9.44. The van der Waals surface area contributed by atoms with E-state index in [1.165, 1.54) is 0 Å². The number of aliphatic hydroxyl groups is 1. The molecule has 1 aromatic rings. The van der Waals surface area contributed by atoms with Gasteiger partial charge in [0.2, 0.25) is 0 Å². The number of ether oxygens (including phenoxy) is 1. The lowest BCUT2D eigenvalue weighted by Crippen LogP contribution is -2.08. The second kappa shape index (κ2) is 6.40. The number of hydrogen-bond donors (Lipinski definition) is 1. The van der Waals surface area contributed by atoms with E-state index in [0.29, 0.717) is 0 Å². The third kappa shape index (κ3) is 3.88. The maximum absolute atomic E-state index is 9.61. The van der Waals surface area contributed by atoms with E-state index in [1.807, 2.05) is 12.1 Å². The van der Waals surface area contributed by atoms with Crippen LogP contribution in [0.5, 0.6) is 5.75 Å². The van der Waals surface area contributed by atoms with E-state index in [0.717, 1.165) is 37.1 Å². The van der Waals surface area contributed by atoms with Crippen LogP contribution in [0.25, 0.3) is 0 Å². The first kappa shape index (κ1) is 12.0. The molecule has 0 aliphatic rings. The van der Waals surface area contributed by atoms with Gasteiger partial charge in [-0.3, -0.25) is 4.98 Å². The summed E-state index contributed by atoms with van der Waals surface area (Å²) in [5.41, 5.74) is 0.926. The summed E-state index contributed by atoms with van der Waals surface area (Å²) in [6.45, 7) is 2.07. The molecule has 15 heavy (non-hydrogen) atoms. The van der Waals surface area contributed by atoms with Gasteiger partial charge in [0, 0.05) is 6.20 Å². The topological polar surface area (TPSA) is 42.4 Å². The Morgan fingerprint density at radius 3 is 2.93 bits per heavy atom. The Bertz CT molecular complexity index is 289. The number of aliphatic hydroxyl groups excluding tert-OH is 1. The second-order valence-corrected chi connectivity index (χ2v) is 3.63. The smallest absolute Gasteiger partial charge is 0.140 e. The summed E-state index contributed by atoms with van der Waals surface area (Å²) in [6.07, 6.45) is 4.92. The third-order valence-electron chi connectivity index (χ3n) is 2.40. The average Bonchev–Trinajstić information content (AvgIpc) is 2.27. The van der Waals surface area contributed by atoms with Crippen LogP contribution in [-0.2, 0) is 6.42 Å². The van der Waals surface area contributed by atoms with Crippen molar-refractivity contribution in [1.82, 2.24) is 4.98 Å². The molecule has 0 radical (unpaired) electrons. The van der Waals surface area contributed by atoms with Crippen LogP contribution in [0.15, 0.2) is 18.3 Å². The molecule has 0 saturated carbocycles. The van der Waals surface area contributed by atoms with Gasteiger partial charge in [-0.25, -0.2) is 0 Å². The minimum atomic E-state index is -0.221. The molecule has 3 heteroatoms. The van der Waals surface area contributed by atoms with Gasteiger partial charge in [-0.05, 0) is 31.4 Å². The second-order valence-electron chi connectivity index (χ2n) is 3.63. The molecule has 0 saturated heterocycles. The molecule has 3 nitrogen and oxygen atoms in total. The van der Waals surface area contributed by atoms with Gasteiger partial charge < -0.3 is 9.84 Å². The summed E-state index contributed by atoms with van der Waals surface area (Å²) in [4.78, 5) is 4.25. The first-order valence-electron chi connectivity index (χ1n) is 5.43. The van der Waals surface area contributed by atoms with Crippen LogP contribution in [0.2, 0.25) is 0 Å². The Hall–Kier alpha value is -1.09. The molecule has 0 bridgehead atoms. The van der Waals surface area contributed by atoms with E-state index in [4.69, 9.17) is 4.74 Å². The Labute approximate surface area is 91.1 Å². The van der Waals surface area contributed by atoms with Crippen molar-refractivity contribution in [3.8, 4) is 5.75 Å². The highest BCUT2D eigenvalue weighted by Gasteiger charge is 2.07. The number of rotatable bonds is 6. The number of hydrogen-bond acceptors (Lipinski definition) is 3. The van der Waals surface area contributed by atoms with Crippen molar-refractivity contribution in [3.63, 3.8) is 0 Å². The van der Waals surface area contributed by atoms with Crippen molar-refractivity contribution >= 4 is 0 Å². The predicted octanol–water partition coefficient (Wildman–Crippen LogP) is 2.18. The van der Waals surface area contributed by atoms with Crippen LogP contribution >= 0.6 is 0 Å². The van der Waals surface area contributed by atoms with E-state index in [-0.39, 0.29) is 6.10 Å². The Kier molecular flexibility index (Phi) is 5.12. The number of aromatic nitrogens is 1. The van der Waals surface area contributed by atoms with Gasteiger partial charge >= 0.3 is 0 Å². The van der Waals surface area contributed by atoms with Crippen LogP contribution < -0.4 is 4.74 Å². The quantitative estimate of drug-likeness (QED) is 0.781. The summed E-state index contributed by atoms with van der Waals surface area (Å²) >= 11 is 0. The Morgan fingerprint density at radius 2 is 2.27 bits per heavy atom. The number of nitrogens with zero attached hydrogens (tertiary/aromatic N) is 1. The fourth-order valence-corrected chi connectivity index (χ4v) is 1.58. The molecule has 84 valence electrons.